The van der Waals surface area contributed by atoms with Gasteiger partial charge in [-0.05, 0) is 12.8 Å². The Labute approximate surface area is 127 Å². The van der Waals surface area contributed by atoms with Crippen LogP contribution in [0.2, 0.25) is 0 Å². The lowest BCUT2D eigenvalue weighted by Gasteiger charge is -2.27. The minimum atomic E-state index is 0.490. The van der Waals surface area contributed by atoms with Gasteiger partial charge in [-0.2, -0.15) is 0 Å². The van der Waals surface area contributed by atoms with Crippen molar-refractivity contribution in [1.29, 1.82) is 0 Å². The summed E-state index contributed by atoms with van der Waals surface area (Å²) in [5.74, 6) is 0. The topological polar surface area (TPSA) is 12.5 Å². The lowest BCUT2D eigenvalue weighted by molar-refractivity contribution is -0.911. The van der Waals surface area contributed by atoms with E-state index >= 15 is 0 Å². The summed E-state index contributed by atoms with van der Waals surface area (Å²) in [7, 11) is 4.62. The van der Waals surface area contributed by atoms with Crippen molar-refractivity contribution in [2.75, 3.05) is 20.6 Å². The summed E-state index contributed by atoms with van der Waals surface area (Å²) in [5, 5.41) is 0. The third-order valence-electron chi connectivity index (χ3n) is 4.64. The molecule has 20 heavy (non-hydrogen) atoms. The third kappa shape index (κ3) is 7.08. The van der Waals surface area contributed by atoms with Gasteiger partial charge in [-0.1, -0.05) is 71.6 Å². The zero-order chi connectivity index (χ0) is 14.8. The molecule has 0 aromatic carbocycles. The summed E-state index contributed by atoms with van der Waals surface area (Å²) in [4.78, 5) is 0. The van der Waals surface area contributed by atoms with Gasteiger partial charge in [0.2, 0.25) is 6.23 Å². The second kappa shape index (κ2) is 9.78. The van der Waals surface area contributed by atoms with Gasteiger partial charge >= 0.3 is 0 Å². The fourth-order valence-corrected chi connectivity index (χ4v) is 3.32. The Bertz CT molecular complexity index is 240. The minimum absolute atomic E-state index is 0.490. The van der Waals surface area contributed by atoms with E-state index in [0.29, 0.717) is 12.3 Å². The Kier molecular flexibility index (Phi) is 8.79. The van der Waals surface area contributed by atoms with Crippen molar-refractivity contribution in [2.45, 2.75) is 96.8 Å². The number of hydrogen-bond acceptors (Lipinski definition) is 1. The van der Waals surface area contributed by atoms with E-state index in [2.05, 4.69) is 27.9 Å². The van der Waals surface area contributed by atoms with Crippen LogP contribution in [0, 0.1) is 0 Å². The first kappa shape index (κ1) is 18.0. The van der Waals surface area contributed by atoms with Gasteiger partial charge < -0.3 is 9.22 Å². The van der Waals surface area contributed by atoms with Crippen molar-refractivity contribution in [3.05, 3.63) is 0 Å². The molecule has 0 aromatic rings. The maximum Gasteiger partial charge on any atom is 0.220 e. The molecule has 2 atom stereocenters. The predicted molar refractivity (Wildman–Crippen MR) is 87.8 cm³/mol. The number of nitrogens with zero attached hydrogens (tertiary/aromatic N) is 1. The average molecular weight is 285 g/mol. The summed E-state index contributed by atoms with van der Waals surface area (Å²) in [5.41, 5.74) is 0. The average Bonchev–Trinajstić information content (AvgIpc) is 3.17. The van der Waals surface area contributed by atoms with Gasteiger partial charge in [0.1, 0.15) is 6.10 Å². The molecule has 1 heterocycles. The van der Waals surface area contributed by atoms with Gasteiger partial charge in [0.05, 0.1) is 20.6 Å². The minimum Gasteiger partial charge on any atom is -0.314 e. The summed E-state index contributed by atoms with van der Waals surface area (Å²) >= 11 is 0. The largest absolute Gasteiger partial charge is 0.314 e. The zero-order valence-corrected chi connectivity index (χ0v) is 14.5. The Hall–Kier alpha value is -0.0800. The van der Waals surface area contributed by atoms with Gasteiger partial charge in [0, 0.05) is 0 Å². The van der Waals surface area contributed by atoms with Gasteiger partial charge in [0.25, 0.3) is 0 Å². The fraction of sp³-hybridized carbons (Fsp3) is 1.00. The molecule has 0 N–H and O–H groups in total. The molecule has 120 valence electrons. The van der Waals surface area contributed by atoms with E-state index in [1.165, 1.54) is 77.2 Å². The molecule has 0 aromatic heterocycles. The Morgan fingerprint density at radius 3 is 1.85 bits per heavy atom. The molecule has 0 aliphatic carbocycles. The molecule has 1 aliphatic rings. The van der Waals surface area contributed by atoms with Crippen molar-refractivity contribution in [1.82, 2.24) is 0 Å². The van der Waals surface area contributed by atoms with E-state index in [4.69, 9.17) is 4.74 Å². The lowest BCUT2D eigenvalue weighted by Crippen LogP contribution is -2.44. The molecule has 0 saturated carbocycles. The Balaban J connectivity index is 1.89. The van der Waals surface area contributed by atoms with E-state index in [1.54, 1.807) is 0 Å². The number of ether oxygens (including phenoxy) is 1. The Morgan fingerprint density at radius 2 is 1.30 bits per heavy atom. The first-order valence-corrected chi connectivity index (χ1v) is 9.10. The number of epoxide rings is 1. The highest BCUT2D eigenvalue weighted by molar-refractivity contribution is 4.77. The third-order valence-corrected chi connectivity index (χ3v) is 4.64. The van der Waals surface area contributed by atoms with Crippen LogP contribution in [-0.2, 0) is 4.74 Å². The van der Waals surface area contributed by atoms with Crippen LogP contribution < -0.4 is 0 Å². The monoisotopic (exact) mass is 284 g/mol. The molecule has 0 bridgehead atoms. The number of quaternary nitrogens is 1. The first-order chi connectivity index (χ1) is 9.61. The van der Waals surface area contributed by atoms with Crippen LogP contribution in [-0.4, -0.2) is 37.5 Å². The van der Waals surface area contributed by atoms with Gasteiger partial charge in [-0.15, -0.1) is 0 Å². The molecule has 2 nitrogen and oxygen atoms in total. The van der Waals surface area contributed by atoms with E-state index in [0.717, 1.165) is 4.48 Å². The quantitative estimate of drug-likeness (QED) is 0.260. The van der Waals surface area contributed by atoms with E-state index in [9.17, 15) is 0 Å². The molecule has 2 unspecified atom stereocenters. The van der Waals surface area contributed by atoms with Crippen LogP contribution in [0.4, 0.5) is 0 Å². The molecule has 1 fully saturated rings. The van der Waals surface area contributed by atoms with Crippen molar-refractivity contribution in [2.24, 2.45) is 0 Å². The molecule has 2 heteroatoms. The van der Waals surface area contributed by atoms with E-state index in [1.807, 2.05) is 0 Å². The van der Waals surface area contributed by atoms with Gasteiger partial charge in [-0.3, -0.25) is 0 Å². The molecular weight excluding hydrogens is 246 g/mol. The second-order valence-electron chi connectivity index (χ2n) is 7.18. The first-order valence-electron chi connectivity index (χ1n) is 9.10. The maximum atomic E-state index is 5.88. The van der Waals surface area contributed by atoms with Crippen molar-refractivity contribution in [3.8, 4) is 0 Å². The smallest absolute Gasteiger partial charge is 0.220 e. The maximum absolute atomic E-state index is 5.88. The molecule has 1 saturated heterocycles. The van der Waals surface area contributed by atoms with Crippen molar-refractivity contribution >= 4 is 0 Å². The molecule has 0 radical (unpaired) electrons. The molecule has 1 rings (SSSR count). The summed E-state index contributed by atoms with van der Waals surface area (Å²) < 4.78 is 6.93. The SMILES string of the molecule is CCCCCCCCCCCC1OC1[N+](C)(C)CCC. The molecule has 0 spiro atoms. The normalized spacial score (nSPS) is 22.2. The number of hydrogen-bond donors (Lipinski definition) is 0. The second-order valence-corrected chi connectivity index (χ2v) is 7.18. The molecule has 0 amide bonds. The van der Waals surface area contributed by atoms with Crippen molar-refractivity contribution < 1.29 is 9.22 Å². The predicted octanol–water partition coefficient (Wildman–Crippen LogP) is 5.12. The highest BCUT2D eigenvalue weighted by Gasteiger charge is 2.50. The molecule has 1 aliphatic heterocycles. The number of rotatable bonds is 13. The highest BCUT2D eigenvalue weighted by atomic mass is 16.6. The number of unbranched alkanes of at least 4 members (excludes halogenated alkanes) is 8. The van der Waals surface area contributed by atoms with Crippen LogP contribution >= 0.6 is 0 Å². The lowest BCUT2D eigenvalue weighted by atomic mass is 10.1. The van der Waals surface area contributed by atoms with Crippen LogP contribution in [0.1, 0.15) is 84.5 Å². The van der Waals surface area contributed by atoms with Gasteiger partial charge in [0.15, 0.2) is 0 Å². The van der Waals surface area contributed by atoms with E-state index < -0.39 is 0 Å². The summed E-state index contributed by atoms with van der Waals surface area (Å²) in [6, 6.07) is 0. The fourth-order valence-electron chi connectivity index (χ4n) is 3.32. The van der Waals surface area contributed by atoms with Crippen molar-refractivity contribution in [3.63, 3.8) is 0 Å². The van der Waals surface area contributed by atoms with E-state index in [-0.39, 0.29) is 0 Å². The van der Waals surface area contributed by atoms with Crippen LogP contribution in [0.3, 0.4) is 0 Å². The van der Waals surface area contributed by atoms with Crippen LogP contribution in [0.5, 0.6) is 0 Å². The highest BCUT2D eigenvalue weighted by Crippen LogP contribution is 2.33. The Morgan fingerprint density at radius 1 is 0.750 bits per heavy atom. The molecular formula is C18H38NO+. The van der Waals surface area contributed by atoms with Gasteiger partial charge in [-0.25, -0.2) is 0 Å². The summed E-state index contributed by atoms with van der Waals surface area (Å²) in [6.07, 6.45) is 16.3. The number of likely N-dealkylation sites (N-methyl/N-ethyl adjacent to an activating group) is 1. The standard InChI is InChI=1S/C18H38NO/c1-5-7-8-9-10-11-12-13-14-15-17-18(20-17)19(3,4)16-6-2/h17-18H,5-16H2,1-4H3/q+1. The zero-order valence-electron chi connectivity index (χ0n) is 14.5. The van der Waals surface area contributed by atoms with Crippen LogP contribution in [0.25, 0.3) is 0 Å². The van der Waals surface area contributed by atoms with Crippen LogP contribution in [0.15, 0.2) is 0 Å². The summed E-state index contributed by atoms with van der Waals surface area (Å²) in [6.45, 7) is 5.78.